The molecule has 1 unspecified atom stereocenters. The lowest BCUT2D eigenvalue weighted by atomic mass is 9.89. The molecule has 2 nitrogen and oxygen atoms in total. The zero-order chi connectivity index (χ0) is 32.7. The van der Waals surface area contributed by atoms with Gasteiger partial charge in [-0.3, -0.25) is 4.79 Å². The normalized spacial score (nSPS) is 16.7. The number of ether oxygens (including phenoxy) is 1. The van der Waals surface area contributed by atoms with Gasteiger partial charge < -0.3 is 4.74 Å². The van der Waals surface area contributed by atoms with E-state index in [0.29, 0.717) is 12.3 Å². The van der Waals surface area contributed by atoms with Gasteiger partial charge >= 0.3 is 0 Å². The maximum atomic E-state index is 12.3. The van der Waals surface area contributed by atoms with Crippen molar-refractivity contribution < 1.29 is 9.53 Å². The first-order valence-corrected chi connectivity index (χ1v) is 19.3. The van der Waals surface area contributed by atoms with Crippen LogP contribution >= 0.6 is 0 Å². The summed E-state index contributed by atoms with van der Waals surface area (Å²) in [6.07, 6.45) is 28.3. The van der Waals surface area contributed by atoms with E-state index in [9.17, 15) is 4.79 Å². The number of carbonyl (C=O) groups is 1. The van der Waals surface area contributed by atoms with E-state index in [1.165, 1.54) is 122 Å². The van der Waals surface area contributed by atoms with E-state index >= 15 is 0 Å². The third kappa shape index (κ3) is 25.5. The van der Waals surface area contributed by atoms with Crippen molar-refractivity contribution in [1.29, 1.82) is 0 Å². The molecule has 0 radical (unpaired) electrons. The first kappa shape index (κ1) is 42.6. The van der Waals surface area contributed by atoms with Crippen molar-refractivity contribution in [2.45, 2.75) is 210 Å². The second-order valence-electron chi connectivity index (χ2n) is 16.6. The third-order valence-corrected chi connectivity index (χ3v) is 10.7. The molecule has 0 heterocycles. The summed E-state index contributed by atoms with van der Waals surface area (Å²) in [4.78, 5) is 12.3. The second-order valence-corrected chi connectivity index (χ2v) is 16.6. The van der Waals surface area contributed by atoms with Crippen LogP contribution in [0.2, 0.25) is 0 Å². The molecule has 258 valence electrons. The van der Waals surface area contributed by atoms with Crippen molar-refractivity contribution >= 4 is 5.78 Å². The molecule has 0 aromatic rings. The van der Waals surface area contributed by atoms with E-state index in [0.717, 1.165) is 41.9 Å². The first-order chi connectivity index (χ1) is 20.3. The molecule has 2 heteroatoms. The maximum absolute atomic E-state index is 12.3. The lowest BCUT2D eigenvalue weighted by Crippen LogP contribution is -2.33. The summed E-state index contributed by atoms with van der Waals surface area (Å²) >= 11 is 0. The van der Waals surface area contributed by atoms with Crippen LogP contribution in [0.3, 0.4) is 0 Å². The van der Waals surface area contributed by atoms with Gasteiger partial charge in [0.2, 0.25) is 0 Å². The van der Waals surface area contributed by atoms with Crippen LogP contribution in [0.5, 0.6) is 0 Å². The highest BCUT2D eigenvalue weighted by Crippen LogP contribution is 2.26. The molecule has 0 N–H and O–H groups in total. The van der Waals surface area contributed by atoms with Crippen molar-refractivity contribution in [3.8, 4) is 0 Å². The van der Waals surface area contributed by atoms with Crippen molar-refractivity contribution in [1.82, 2.24) is 0 Å². The molecule has 0 fully saturated rings. The number of methoxy groups -OCH3 is 1. The van der Waals surface area contributed by atoms with Gasteiger partial charge in [0.15, 0.2) is 5.78 Å². The van der Waals surface area contributed by atoms with Crippen LogP contribution in [0.15, 0.2) is 0 Å². The predicted molar refractivity (Wildman–Crippen MR) is 193 cm³/mol. The molecule has 0 spiro atoms. The molecule has 0 aliphatic heterocycles. The van der Waals surface area contributed by atoms with Crippen LogP contribution in [0.1, 0.15) is 204 Å². The largest absolute Gasteiger partial charge is 0.371 e. The number of hydrogen-bond donors (Lipinski definition) is 0. The summed E-state index contributed by atoms with van der Waals surface area (Å²) in [6, 6.07) is 0. The molecule has 0 aliphatic rings. The van der Waals surface area contributed by atoms with E-state index in [1.807, 2.05) is 13.8 Å². The Morgan fingerprint density at radius 3 is 0.977 bits per heavy atom. The lowest BCUT2D eigenvalue weighted by molar-refractivity contribution is -0.137. The van der Waals surface area contributed by atoms with Gasteiger partial charge in [0.25, 0.3) is 0 Å². The molecule has 0 saturated heterocycles. The standard InChI is InChI=1S/C41H82O2/c1-33(2)19-14-22-36(5)25-17-28-37(6)26-15-23-34(3)20-12-13-21-35(4)24-16-27-38(7)29-18-30-39(8)31-32-40(42)41(9,10)43-11/h33-39H,12-32H2,1-11H3/t34?,35-,36+,37-,38-,39+/m0/s1. The van der Waals surface area contributed by atoms with Crippen molar-refractivity contribution in [2.75, 3.05) is 7.11 Å². The van der Waals surface area contributed by atoms with Gasteiger partial charge in [-0.15, -0.1) is 0 Å². The fraction of sp³-hybridized carbons (Fsp3) is 0.976. The minimum Gasteiger partial charge on any atom is -0.371 e. The predicted octanol–water partition coefficient (Wildman–Crippen LogP) is 13.6. The van der Waals surface area contributed by atoms with Crippen LogP contribution in [0, 0.1) is 41.4 Å². The fourth-order valence-corrected chi connectivity index (χ4v) is 6.78. The molecule has 43 heavy (non-hydrogen) atoms. The van der Waals surface area contributed by atoms with Crippen LogP contribution in [-0.2, 0) is 9.53 Å². The first-order valence-electron chi connectivity index (χ1n) is 19.3. The number of ketones is 1. The monoisotopic (exact) mass is 607 g/mol. The van der Waals surface area contributed by atoms with E-state index in [1.54, 1.807) is 7.11 Å². The molecule has 0 amide bonds. The molecular formula is C41H82O2. The van der Waals surface area contributed by atoms with Gasteiger partial charge in [0.1, 0.15) is 5.60 Å². The van der Waals surface area contributed by atoms with Crippen LogP contribution in [0.4, 0.5) is 0 Å². The summed E-state index contributed by atoms with van der Waals surface area (Å²) in [5.41, 5.74) is -0.632. The van der Waals surface area contributed by atoms with Gasteiger partial charge in [-0.1, -0.05) is 177 Å². The highest BCUT2D eigenvalue weighted by molar-refractivity contribution is 5.86. The zero-order valence-electron chi connectivity index (χ0n) is 31.7. The Morgan fingerprint density at radius 2 is 0.698 bits per heavy atom. The Hall–Kier alpha value is -0.370. The van der Waals surface area contributed by atoms with Crippen LogP contribution in [0.25, 0.3) is 0 Å². The molecule has 0 saturated carbocycles. The SMILES string of the molecule is COC(C)(C)C(=O)CC[C@H](C)CCC[C@@H](C)CCC[C@@H](C)CCCCC(C)CCC[C@H](C)CCC[C@H](C)CCCC(C)C. The van der Waals surface area contributed by atoms with Gasteiger partial charge in [-0.25, -0.2) is 0 Å². The Bertz CT molecular complexity index is 638. The summed E-state index contributed by atoms with van der Waals surface area (Å²) in [6.45, 7) is 23.2. The minimum absolute atomic E-state index is 0.234. The molecule has 0 rings (SSSR count). The van der Waals surface area contributed by atoms with Crippen molar-refractivity contribution in [3.63, 3.8) is 0 Å². The van der Waals surface area contributed by atoms with Gasteiger partial charge in [-0.2, -0.15) is 0 Å². The number of rotatable bonds is 30. The maximum Gasteiger partial charge on any atom is 0.164 e. The number of unbranched alkanes of at least 4 members (excludes halogenated alkanes) is 1. The molecule has 0 bridgehead atoms. The second kappa shape index (κ2) is 25.8. The van der Waals surface area contributed by atoms with Crippen molar-refractivity contribution in [2.24, 2.45) is 41.4 Å². The number of carbonyl (C=O) groups excluding carboxylic acids is 1. The number of hydrogen-bond acceptors (Lipinski definition) is 2. The number of Topliss-reactive ketones (excluding diaryl/α,β-unsaturated/α-hetero) is 1. The lowest BCUT2D eigenvalue weighted by Gasteiger charge is -2.22. The minimum atomic E-state index is -0.632. The van der Waals surface area contributed by atoms with E-state index in [4.69, 9.17) is 4.74 Å². The topological polar surface area (TPSA) is 26.3 Å². The van der Waals surface area contributed by atoms with Crippen LogP contribution in [-0.4, -0.2) is 18.5 Å². The Morgan fingerprint density at radius 1 is 0.442 bits per heavy atom. The molecule has 0 aliphatic carbocycles. The molecule has 0 aromatic carbocycles. The summed E-state index contributed by atoms with van der Waals surface area (Å²) in [5, 5.41) is 0. The smallest absolute Gasteiger partial charge is 0.164 e. The highest BCUT2D eigenvalue weighted by Gasteiger charge is 2.26. The summed E-state index contributed by atoms with van der Waals surface area (Å²) < 4.78 is 5.33. The highest BCUT2D eigenvalue weighted by atomic mass is 16.5. The zero-order valence-corrected chi connectivity index (χ0v) is 31.7. The molecule has 6 atom stereocenters. The summed E-state index contributed by atoms with van der Waals surface area (Å²) in [5.74, 6) is 6.19. The Balaban J connectivity index is 3.72. The van der Waals surface area contributed by atoms with Gasteiger partial charge in [0.05, 0.1) is 0 Å². The molecular weight excluding hydrogens is 524 g/mol. The van der Waals surface area contributed by atoms with E-state index in [2.05, 4.69) is 55.4 Å². The van der Waals surface area contributed by atoms with Gasteiger partial charge in [-0.05, 0) is 61.7 Å². The van der Waals surface area contributed by atoms with E-state index in [-0.39, 0.29) is 5.78 Å². The Kier molecular flexibility index (Phi) is 25.6. The quantitative estimate of drug-likeness (QED) is 0.0760. The summed E-state index contributed by atoms with van der Waals surface area (Å²) in [7, 11) is 1.63. The Labute approximate surface area is 273 Å². The van der Waals surface area contributed by atoms with Crippen molar-refractivity contribution in [3.05, 3.63) is 0 Å². The average molecular weight is 607 g/mol. The van der Waals surface area contributed by atoms with Gasteiger partial charge in [0, 0.05) is 13.5 Å². The fourth-order valence-electron chi connectivity index (χ4n) is 6.78. The van der Waals surface area contributed by atoms with Crippen LogP contribution < -0.4 is 0 Å². The molecule has 0 aromatic heterocycles. The average Bonchev–Trinajstić information content (AvgIpc) is 2.93. The van der Waals surface area contributed by atoms with E-state index < -0.39 is 5.60 Å². The third-order valence-electron chi connectivity index (χ3n) is 10.7.